The molecule has 94 valence electrons. The minimum absolute atomic E-state index is 0.294. The molecule has 1 rings (SSSR count). The standard InChI is InChI=1S/C9H9ClFNO4S/c1-5(9(13)14)12-17(15,16)6-2-3-8(11)7(10)4-6/h2-5,12H,1H3,(H,13,14). The van der Waals surface area contributed by atoms with Crippen LogP contribution in [0.25, 0.3) is 0 Å². The molecule has 1 aromatic carbocycles. The quantitative estimate of drug-likeness (QED) is 0.869. The zero-order valence-electron chi connectivity index (χ0n) is 8.65. The smallest absolute Gasteiger partial charge is 0.321 e. The Morgan fingerprint density at radius 3 is 2.59 bits per heavy atom. The number of carboxylic acid groups (broad SMARTS) is 1. The molecule has 0 aliphatic carbocycles. The topological polar surface area (TPSA) is 83.5 Å². The number of nitrogens with one attached hydrogen (secondary N) is 1. The lowest BCUT2D eigenvalue weighted by atomic mass is 10.3. The van der Waals surface area contributed by atoms with Gasteiger partial charge in [-0.3, -0.25) is 4.79 Å². The second-order valence-electron chi connectivity index (χ2n) is 3.26. The summed E-state index contributed by atoms with van der Waals surface area (Å²) in [5, 5.41) is 8.23. The summed E-state index contributed by atoms with van der Waals surface area (Å²) in [5.74, 6) is -2.07. The van der Waals surface area contributed by atoms with Gasteiger partial charge >= 0.3 is 5.97 Å². The van der Waals surface area contributed by atoms with Crippen molar-refractivity contribution in [2.75, 3.05) is 0 Å². The van der Waals surface area contributed by atoms with Crippen molar-refractivity contribution in [2.24, 2.45) is 0 Å². The van der Waals surface area contributed by atoms with Crippen LogP contribution in [0.3, 0.4) is 0 Å². The highest BCUT2D eigenvalue weighted by Crippen LogP contribution is 2.19. The summed E-state index contributed by atoms with van der Waals surface area (Å²) >= 11 is 5.44. The number of carboxylic acids is 1. The number of carbonyl (C=O) groups is 1. The molecule has 0 aliphatic rings. The van der Waals surface area contributed by atoms with Crippen molar-refractivity contribution in [2.45, 2.75) is 17.9 Å². The number of hydrogen-bond acceptors (Lipinski definition) is 3. The van der Waals surface area contributed by atoms with Gasteiger partial charge in [0.2, 0.25) is 10.0 Å². The predicted octanol–water partition coefficient (Wildman–Crippen LogP) is 1.23. The van der Waals surface area contributed by atoms with Gasteiger partial charge in [0.25, 0.3) is 0 Å². The van der Waals surface area contributed by atoms with Gasteiger partial charge in [-0.25, -0.2) is 12.8 Å². The number of benzene rings is 1. The van der Waals surface area contributed by atoms with Gasteiger partial charge in [-0.05, 0) is 25.1 Å². The number of aliphatic carboxylic acids is 1. The first-order valence-electron chi connectivity index (χ1n) is 4.44. The molecule has 17 heavy (non-hydrogen) atoms. The highest BCUT2D eigenvalue weighted by Gasteiger charge is 2.22. The van der Waals surface area contributed by atoms with Gasteiger partial charge in [-0.15, -0.1) is 0 Å². The normalized spacial score (nSPS) is 13.4. The Balaban J connectivity index is 3.05. The van der Waals surface area contributed by atoms with Gasteiger partial charge in [-0.2, -0.15) is 4.72 Å². The van der Waals surface area contributed by atoms with E-state index in [4.69, 9.17) is 16.7 Å². The highest BCUT2D eigenvalue weighted by atomic mass is 35.5. The minimum atomic E-state index is -4.03. The van der Waals surface area contributed by atoms with Crippen molar-refractivity contribution in [1.82, 2.24) is 4.72 Å². The summed E-state index contributed by atoms with van der Waals surface area (Å²) in [6, 6.07) is 1.51. The molecule has 0 heterocycles. The summed E-state index contributed by atoms with van der Waals surface area (Å²) in [4.78, 5) is 10.2. The van der Waals surface area contributed by atoms with Gasteiger partial charge in [-0.1, -0.05) is 11.6 Å². The number of rotatable bonds is 4. The van der Waals surface area contributed by atoms with Crippen LogP contribution in [0.15, 0.2) is 23.1 Å². The Morgan fingerprint density at radius 1 is 1.53 bits per heavy atom. The average molecular weight is 282 g/mol. The van der Waals surface area contributed by atoms with Crippen LogP contribution in [0.5, 0.6) is 0 Å². The van der Waals surface area contributed by atoms with E-state index in [1.165, 1.54) is 6.92 Å². The minimum Gasteiger partial charge on any atom is -0.480 e. The van der Waals surface area contributed by atoms with Crippen LogP contribution >= 0.6 is 11.6 Å². The van der Waals surface area contributed by atoms with Gasteiger partial charge in [0.05, 0.1) is 9.92 Å². The van der Waals surface area contributed by atoms with Crippen LogP contribution in [-0.4, -0.2) is 25.5 Å². The number of sulfonamides is 1. The molecule has 0 amide bonds. The fourth-order valence-corrected chi connectivity index (χ4v) is 2.46. The zero-order valence-corrected chi connectivity index (χ0v) is 10.2. The fraction of sp³-hybridized carbons (Fsp3) is 0.222. The molecular weight excluding hydrogens is 273 g/mol. The molecule has 8 heteroatoms. The van der Waals surface area contributed by atoms with E-state index < -0.39 is 27.9 Å². The summed E-state index contributed by atoms with van der Waals surface area (Å²) in [6.45, 7) is 1.17. The molecule has 1 unspecified atom stereocenters. The summed E-state index contributed by atoms with van der Waals surface area (Å²) in [5.41, 5.74) is 0. The van der Waals surface area contributed by atoms with Crippen molar-refractivity contribution < 1.29 is 22.7 Å². The van der Waals surface area contributed by atoms with E-state index in [9.17, 15) is 17.6 Å². The number of halogens is 2. The molecule has 1 aromatic rings. The van der Waals surface area contributed by atoms with Gasteiger partial charge in [0.1, 0.15) is 11.9 Å². The first kappa shape index (κ1) is 13.9. The van der Waals surface area contributed by atoms with Crippen molar-refractivity contribution >= 4 is 27.6 Å². The Kier molecular flexibility index (Phi) is 4.07. The lowest BCUT2D eigenvalue weighted by Crippen LogP contribution is -2.38. The Morgan fingerprint density at radius 2 is 2.12 bits per heavy atom. The van der Waals surface area contributed by atoms with E-state index in [1.807, 2.05) is 4.72 Å². The van der Waals surface area contributed by atoms with E-state index in [0.29, 0.717) is 0 Å². The van der Waals surface area contributed by atoms with Gasteiger partial charge < -0.3 is 5.11 Å². The third kappa shape index (κ3) is 3.39. The molecule has 0 aliphatic heterocycles. The van der Waals surface area contributed by atoms with Gasteiger partial charge in [0.15, 0.2) is 0 Å². The lowest BCUT2D eigenvalue weighted by molar-refractivity contribution is -0.138. The summed E-state index contributed by atoms with van der Waals surface area (Å²) in [7, 11) is -4.03. The molecule has 0 saturated carbocycles. The third-order valence-corrected chi connectivity index (χ3v) is 3.73. The zero-order chi connectivity index (χ0) is 13.2. The van der Waals surface area contributed by atoms with E-state index in [-0.39, 0.29) is 9.92 Å². The molecule has 0 fully saturated rings. The highest BCUT2D eigenvalue weighted by molar-refractivity contribution is 7.89. The number of hydrogen-bond donors (Lipinski definition) is 2. The van der Waals surface area contributed by atoms with Crippen molar-refractivity contribution in [3.8, 4) is 0 Å². The fourth-order valence-electron chi connectivity index (χ4n) is 0.995. The molecule has 5 nitrogen and oxygen atoms in total. The van der Waals surface area contributed by atoms with Crippen molar-refractivity contribution in [1.29, 1.82) is 0 Å². The van der Waals surface area contributed by atoms with Crippen LogP contribution in [0.2, 0.25) is 5.02 Å². The molecule has 2 N–H and O–H groups in total. The Bertz CT molecular complexity index is 546. The molecular formula is C9H9ClFNO4S. The monoisotopic (exact) mass is 281 g/mol. The first-order chi connectivity index (χ1) is 7.74. The molecule has 0 bridgehead atoms. The van der Waals surface area contributed by atoms with Crippen LogP contribution in [0, 0.1) is 5.82 Å². The molecule has 0 spiro atoms. The van der Waals surface area contributed by atoms with Gasteiger partial charge in [0, 0.05) is 0 Å². The molecule has 1 atom stereocenters. The maximum absolute atomic E-state index is 12.8. The van der Waals surface area contributed by atoms with E-state index in [1.54, 1.807) is 0 Å². The molecule has 0 saturated heterocycles. The Labute approximate surface area is 102 Å². The lowest BCUT2D eigenvalue weighted by Gasteiger charge is -2.10. The average Bonchev–Trinajstić information content (AvgIpc) is 2.21. The van der Waals surface area contributed by atoms with Crippen LogP contribution in [-0.2, 0) is 14.8 Å². The SMILES string of the molecule is CC(NS(=O)(=O)c1ccc(F)c(Cl)c1)C(=O)O. The first-order valence-corrected chi connectivity index (χ1v) is 6.30. The summed E-state index contributed by atoms with van der Waals surface area (Å²) in [6.07, 6.45) is 0. The third-order valence-electron chi connectivity index (χ3n) is 1.90. The maximum atomic E-state index is 12.8. The second kappa shape index (κ2) is 4.99. The predicted molar refractivity (Wildman–Crippen MR) is 58.8 cm³/mol. The van der Waals surface area contributed by atoms with Crippen LogP contribution < -0.4 is 4.72 Å². The van der Waals surface area contributed by atoms with E-state index >= 15 is 0 Å². The van der Waals surface area contributed by atoms with E-state index in [0.717, 1.165) is 18.2 Å². The Hall–Kier alpha value is -1.18. The van der Waals surface area contributed by atoms with Crippen LogP contribution in [0.1, 0.15) is 6.92 Å². The van der Waals surface area contributed by atoms with Crippen molar-refractivity contribution in [3.05, 3.63) is 29.0 Å². The molecule has 0 aromatic heterocycles. The van der Waals surface area contributed by atoms with E-state index in [2.05, 4.69) is 0 Å². The van der Waals surface area contributed by atoms with Crippen LogP contribution in [0.4, 0.5) is 4.39 Å². The largest absolute Gasteiger partial charge is 0.480 e. The molecule has 0 radical (unpaired) electrons. The van der Waals surface area contributed by atoms with Crippen molar-refractivity contribution in [3.63, 3.8) is 0 Å². The second-order valence-corrected chi connectivity index (χ2v) is 5.38. The summed E-state index contributed by atoms with van der Waals surface area (Å²) < 4.78 is 38.1. The maximum Gasteiger partial charge on any atom is 0.321 e.